The van der Waals surface area contributed by atoms with Gasteiger partial charge in [-0.3, -0.25) is 4.99 Å². The zero-order valence-electron chi connectivity index (χ0n) is 14.1. The molecule has 0 fully saturated rings. The fraction of sp³-hybridized carbons (Fsp3) is 0.733. The van der Waals surface area contributed by atoms with Crippen molar-refractivity contribution in [2.45, 2.75) is 26.7 Å². The molecule has 0 aliphatic heterocycles. The fourth-order valence-corrected chi connectivity index (χ4v) is 2.71. The molecule has 0 saturated heterocycles. The molecular formula is C15H28N4O2S. The molecule has 22 heavy (non-hydrogen) atoms. The van der Waals surface area contributed by atoms with Crippen molar-refractivity contribution < 1.29 is 9.47 Å². The van der Waals surface area contributed by atoms with E-state index in [1.165, 1.54) is 9.88 Å². The summed E-state index contributed by atoms with van der Waals surface area (Å²) in [5.74, 6) is 0.821. The van der Waals surface area contributed by atoms with Crippen LogP contribution >= 0.6 is 11.3 Å². The first-order chi connectivity index (χ1) is 10.7. The summed E-state index contributed by atoms with van der Waals surface area (Å²) >= 11 is 1.77. The summed E-state index contributed by atoms with van der Waals surface area (Å²) in [5, 5.41) is 7.75. The molecule has 0 aliphatic carbocycles. The number of aromatic nitrogens is 1. The molecule has 126 valence electrons. The summed E-state index contributed by atoms with van der Waals surface area (Å²) in [4.78, 5) is 10.0. The van der Waals surface area contributed by atoms with Crippen LogP contribution in [0.2, 0.25) is 0 Å². The first-order valence-corrected chi connectivity index (χ1v) is 8.43. The molecule has 6 nitrogen and oxygen atoms in total. The Morgan fingerprint density at radius 1 is 1.18 bits per heavy atom. The van der Waals surface area contributed by atoms with Crippen LogP contribution < -0.4 is 10.6 Å². The molecule has 7 heteroatoms. The summed E-state index contributed by atoms with van der Waals surface area (Å²) in [6.45, 7) is 7.85. The zero-order valence-corrected chi connectivity index (χ0v) is 14.9. The quantitative estimate of drug-likeness (QED) is 0.387. The molecule has 0 aromatic carbocycles. The fourth-order valence-electron chi connectivity index (χ4n) is 1.78. The number of rotatable bonds is 10. The maximum absolute atomic E-state index is 5.41. The lowest BCUT2D eigenvalue weighted by Crippen LogP contribution is -2.39. The Balaban J connectivity index is 2.09. The predicted molar refractivity (Wildman–Crippen MR) is 92.0 cm³/mol. The molecule has 0 radical (unpaired) electrons. The van der Waals surface area contributed by atoms with Crippen LogP contribution in [-0.4, -0.2) is 58.0 Å². The third-order valence-corrected chi connectivity index (χ3v) is 4.25. The van der Waals surface area contributed by atoms with Crippen LogP contribution in [0.15, 0.2) is 4.99 Å². The lowest BCUT2D eigenvalue weighted by molar-refractivity contribution is 0.0698. The highest BCUT2D eigenvalue weighted by molar-refractivity contribution is 7.11. The van der Waals surface area contributed by atoms with Crippen molar-refractivity contribution >= 4 is 17.3 Å². The average molecular weight is 328 g/mol. The van der Waals surface area contributed by atoms with E-state index in [1.54, 1.807) is 25.5 Å². The summed E-state index contributed by atoms with van der Waals surface area (Å²) in [6.07, 6.45) is 1.86. The third kappa shape index (κ3) is 7.72. The Bertz CT molecular complexity index is 429. The summed E-state index contributed by atoms with van der Waals surface area (Å²) in [6, 6.07) is 0. The van der Waals surface area contributed by atoms with Gasteiger partial charge in [0.15, 0.2) is 5.96 Å². The molecule has 1 aromatic rings. The Morgan fingerprint density at radius 3 is 2.59 bits per heavy atom. The lowest BCUT2D eigenvalue weighted by Gasteiger charge is -2.11. The maximum atomic E-state index is 5.41. The number of aliphatic imine (C=N–C) groups is 1. The predicted octanol–water partition coefficient (Wildman–Crippen LogP) is 1.52. The lowest BCUT2D eigenvalue weighted by atomic mass is 10.4. The summed E-state index contributed by atoms with van der Waals surface area (Å²) in [7, 11) is 3.46. The van der Waals surface area contributed by atoms with Crippen LogP contribution in [0.25, 0.3) is 0 Å². The monoisotopic (exact) mass is 328 g/mol. The Labute approximate surface area is 137 Å². The smallest absolute Gasteiger partial charge is 0.190 e. The molecule has 1 heterocycles. The number of guanidine groups is 1. The van der Waals surface area contributed by atoms with Gasteiger partial charge in [-0.05, 0) is 20.3 Å². The number of thiazole rings is 1. The second kappa shape index (κ2) is 11.4. The van der Waals surface area contributed by atoms with Crippen molar-refractivity contribution in [3.63, 3.8) is 0 Å². The van der Waals surface area contributed by atoms with E-state index in [1.807, 2.05) is 0 Å². The van der Waals surface area contributed by atoms with Crippen molar-refractivity contribution in [1.29, 1.82) is 0 Å². The number of methoxy groups -OCH3 is 1. The molecule has 1 aromatic heterocycles. The second-order valence-corrected chi connectivity index (χ2v) is 6.17. The molecule has 0 unspecified atom stereocenters. The van der Waals surface area contributed by atoms with E-state index in [9.17, 15) is 0 Å². The van der Waals surface area contributed by atoms with Crippen molar-refractivity contribution in [2.75, 3.05) is 47.1 Å². The molecule has 0 saturated carbocycles. The number of nitrogens with zero attached hydrogens (tertiary/aromatic N) is 2. The van der Waals surface area contributed by atoms with Gasteiger partial charge in [-0.25, -0.2) is 4.98 Å². The Morgan fingerprint density at radius 2 is 1.95 bits per heavy atom. The highest BCUT2D eigenvalue weighted by Gasteiger charge is 2.04. The van der Waals surface area contributed by atoms with E-state index in [2.05, 4.69) is 34.5 Å². The van der Waals surface area contributed by atoms with Crippen molar-refractivity contribution in [3.8, 4) is 0 Å². The van der Waals surface area contributed by atoms with Crippen LogP contribution in [-0.2, 0) is 15.9 Å². The molecular weight excluding hydrogens is 300 g/mol. The molecule has 0 spiro atoms. The van der Waals surface area contributed by atoms with Crippen LogP contribution in [0.4, 0.5) is 0 Å². The number of nitrogens with one attached hydrogen (secondary N) is 2. The molecule has 0 amide bonds. The van der Waals surface area contributed by atoms with Crippen molar-refractivity contribution in [1.82, 2.24) is 15.6 Å². The van der Waals surface area contributed by atoms with E-state index < -0.39 is 0 Å². The van der Waals surface area contributed by atoms with Gasteiger partial charge in [-0.1, -0.05) is 0 Å². The first-order valence-electron chi connectivity index (χ1n) is 7.61. The van der Waals surface area contributed by atoms with E-state index in [4.69, 9.17) is 9.47 Å². The van der Waals surface area contributed by atoms with Gasteiger partial charge in [0.05, 0.1) is 23.9 Å². The van der Waals surface area contributed by atoms with E-state index in [0.717, 1.165) is 44.2 Å². The Hall–Kier alpha value is -1.18. The number of hydrogen-bond acceptors (Lipinski definition) is 5. The molecule has 0 bridgehead atoms. The van der Waals surface area contributed by atoms with Crippen molar-refractivity contribution in [3.05, 3.63) is 15.6 Å². The average Bonchev–Trinajstić information content (AvgIpc) is 2.83. The largest absolute Gasteiger partial charge is 0.382 e. The number of ether oxygens (including phenoxy) is 2. The highest BCUT2D eigenvalue weighted by atomic mass is 32.1. The minimum Gasteiger partial charge on any atom is -0.382 e. The first kappa shape index (κ1) is 18.9. The highest BCUT2D eigenvalue weighted by Crippen LogP contribution is 2.16. The SMILES string of the molecule is CN=C(NCCCOCCOC)NCCc1nc(C)c(C)s1. The minimum atomic E-state index is 0.645. The molecule has 0 atom stereocenters. The van der Waals surface area contributed by atoms with Gasteiger partial charge in [0, 0.05) is 45.2 Å². The van der Waals surface area contributed by atoms with E-state index in [-0.39, 0.29) is 0 Å². The van der Waals surface area contributed by atoms with Gasteiger partial charge in [0.1, 0.15) is 0 Å². The van der Waals surface area contributed by atoms with Gasteiger partial charge >= 0.3 is 0 Å². The van der Waals surface area contributed by atoms with Gasteiger partial charge in [-0.2, -0.15) is 0 Å². The zero-order chi connectivity index (χ0) is 16.2. The van der Waals surface area contributed by atoms with Crippen LogP contribution in [0, 0.1) is 13.8 Å². The molecule has 1 rings (SSSR count). The van der Waals surface area contributed by atoms with E-state index >= 15 is 0 Å². The molecule has 0 aliphatic rings. The number of hydrogen-bond donors (Lipinski definition) is 2. The second-order valence-electron chi connectivity index (χ2n) is 4.88. The van der Waals surface area contributed by atoms with E-state index in [0.29, 0.717) is 13.2 Å². The van der Waals surface area contributed by atoms with Crippen LogP contribution in [0.1, 0.15) is 22.0 Å². The van der Waals surface area contributed by atoms with Crippen molar-refractivity contribution in [2.24, 2.45) is 4.99 Å². The minimum absolute atomic E-state index is 0.645. The Kier molecular flexibility index (Phi) is 9.77. The topological polar surface area (TPSA) is 67.8 Å². The van der Waals surface area contributed by atoms with Gasteiger partial charge in [0.25, 0.3) is 0 Å². The summed E-state index contributed by atoms with van der Waals surface area (Å²) in [5.41, 5.74) is 1.14. The van der Waals surface area contributed by atoms with Crippen LogP contribution in [0.5, 0.6) is 0 Å². The normalized spacial score (nSPS) is 11.7. The number of aryl methyl sites for hydroxylation is 2. The third-order valence-electron chi connectivity index (χ3n) is 3.12. The standard InChI is InChI=1S/C15H28N4O2S/c1-12-13(2)22-14(19-12)6-8-18-15(16-3)17-7-5-9-21-11-10-20-4/h5-11H2,1-4H3,(H2,16,17,18). The summed E-state index contributed by atoms with van der Waals surface area (Å²) < 4.78 is 10.3. The van der Waals surface area contributed by atoms with Gasteiger partial charge in [0.2, 0.25) is 0 Å². The van der Waals surface area contributed by atoms with Crippen LogP contribution in [0.3, 0.4) is 0 Å². The molecule has 2 N–H and O–H groups in total. The maximum Gasteiger partial charge on any atom is 0.190 e. The van der Waals surface area contributed by atoms with Gasteiger partial charge < -0.3 is 20.1 Å². The van der Waals surface area contributed by atoms with Gasteiger partial charge in [-0.15, -0.1) is 11.3 Å².